The number of halogens is 1. The van der Waals surface area contributed by atoms with Crippen LogP contribution in [-0.2, 0) is 23.8 Å². The molecule has 2 aromatic carbocycles. The number of aromatic amines is 1. The molecule has 2 N–H and O–H groups in total. The van der Waals surface area contributed by atoms with Gasteiger partial charge in [-0.3, -0.25) is 5.10 Å². The Kier molecular flexibility index (Phi) is 7.27. The molecule has 8 nitrogen and oxygen atoms in total. The molecular formula is C31H34FN3O5. The summed E-state index contributed by atoms with van der Waals surface area (Å²) in [5.74, 6) is -2.42. The highest BCUT2D eigenvalue weighted by Gasteiger charge is 2.45. The van der Waals surface area contributed by atoms with E-state index in [1.807, 2.05) is 52.0 Å². The second-order valence-electron chi connectivity index (χ2n) is 11.2. The lowest BCUT2D eigenvalue weighted by molar-refractivity contribution is -0.147. The molecule has 210 valence electrons. The van der Waals surface area contributed by atoms with Crippen LogP contribution in [0, 0.1) is 19.7 Å². The van der Waals surface area contributed by atoms with Gasteiger partial charge in [0.05, 0.1) is 53.3 Å². The number of H-pyrrole nitrogens is 1. The number of fused-ring (bicyclic) bond motifs is 1. The fraction of sp³-hybridized carbons (Fsp3) is 0.387. The third kappa shape index (κ3) is 5.13. The number of carbonyl (C=O) groups excluding carboxylic acids is 2. The maximum Gasteiger partial charge on any atom is 0.337 e. The zero-order valence-corrected chi connectivity index (χ0v) is 23.6. The van der Waals surface area contributed by atoms with Crippen molar-refractivity contribution < 1.29 is 28.2 Å². The van der Waals surface area contributed by atoms with Crippen molar-refractivity contribution in [2.75, 3.05) is 13.2 Å². The van der Waals surface area contributed by atoms with Gasteiger partial charge in [-0.05, 0) is 70.4 Å². The van der Waals surface area contributed by atoms with E-state index in [1.54, 1.807) is 20.0 Å². The van der Waals surface area contributed by atoms with E-state index >= 15 is 4.39 Å². The van der Waals surface area contributed by atoms with Crippen molar-refractivity contribution in [3.63, 3.8) is 0 Å². The summed E-state index contributed by atoms with van der Waals surface area (Å²) in [6.07, 6.45) is 1.04. The van der Waals surface area contributed by atoms with Crippen molar-refractivity contribution in [1.82, 2.24) is 15.5 Å². The predicted molar refractivity (Wildman–Crippen MR) is 148 cm³/mol. The van der Waals surface area contributed by atoms with Gasteiger partial charge in [-0.1, -0.05) is 18.2 Å². The molecule has 1 aromatic heterocycles. The topological polar surface area (TPSA) is 103 Å². The monoisotopic (exact) mass is 547 g/mol. The smallest absolute Gasteiger partial charge is 0.337 e. The lowest BCUT2D eigenvalue weighted by Crippen LogP contribution is -2.39. The van der Waals surface area contributed by atoms with Gasteiger partial charge in [0.2, 0.25) is 0 Å². The van der Waals surface area contributed by atoms with Crippen LogP contribution in [-0.4, -0.2) is 41.0 Å². The molecule has 0 spiro atoms. The molecule has 3 aromatic rings. The van der Waals surface area contributed by atoms with E-state index in [9.17, 15) is 9.59 Å². The largest absolute Gasteiger partial charge is 0.463 e. The Bertz CT molecular complexity index is 1540. The maximum absolute atomic E-state index is 15.2. The summed E-state index contributed by atoms with van der Waals surface area (Å²) in [6, 6.07) is 8.89. The summed E-state index contributed by atoms with van der Waals surface area (Å²) in [4.78, 5) is 27.4. The molecule has 2 atom stereocenters. The first kappa shape index (κ1) is 27.6. The van der Waals surface area contributed by atoms with Gasteiger partial charge < -0.3 is 19.5 Å². The standard InChI is InChI=1S/C31H34FN3O5/c1-7-38-29(36)28-23(15-39-31(4,5)6)34-22-13-24(25-17(3)11-16(2)12-20(25)32)40-30(37)27(22)26(28)18-9-8-10-21-19(18)14-33-35-21/h8-12,14,24,26,34H,7,13,15H2,1-6H3,(H,33,35). The first-order chi connectivity index (χ1) is 19.0. The van der Waals surface area contributed by atoms with Crippen LogP contribution < -0.4 is 5.32 Å². The van der Waals surface area contributed by atoms with Crippen molar-refractivity contribution in [2.24, 2.45) is 0 Å². The molecule has 0 bridgehead atoms. The molecule has 0 fully saturated rings. The van der Waals surface area contributed by atoms with Crippen LogP contribution in [0.4, 0.5) is 4.39 Å². The van der Waals surface area contributed by atoms with Crippen LogP contribution in [0.15, 0.2) is 59.1 Å². The van der Waals surface area contributed by atoms with E-state index in [2.05, 4.69) is 15.5 Å². The molecular weight excluding hydrogens is 513 g/mol. The van der Waals surface area contributed by atoms with Crippen LogP contribution >= 0.6 is 0 Å². The Morgan fingerprint density at radius 3 is 2.70 bits per heavy atom. The molecule has 40 heavy (non-hydrogen) atoms. The third-order valence-corrected chi connectivity index (χ3v) is 7.17. The molecule has 2 unspecified atom stereocenters. The van der Waals surface area contributed by atoms with Crippen LogP contribution in [0.5, 0.6) is 0 Å². The Morgan fingerprint density at radius 2 is 2.00 bits per heavy atom. The van der Waals surface area contributed by atoms with Gasteiger partial charge in [0.1, 0.15) is 11.9 Å². The Labute approximate surface area is 232 Å². The number of nitrogens with zero attached hydrogens (tertiary/aromatic N) is 1. The minimum Gasteiger partial charge on any atom is -0.463 e. The number of aromatic nitrogens is 2. The van der Waals surface area contributed by atoms with Crippen LogP contribution in [0.25, 0.3) is 10.9 Å². The molecule has 3 heterocycles. The summed E-state index contributed by atoms with van der Waals surface area (Å²) >= 11 is 0. The maximum atomic E-state index is 15.2. The predicted octanol–water partition coefficient (Wildman–Crippen LogP) is 5.58. The number of cyclic esters (lactones) is 1. The van der Waals surface area contributed by atoms with Crippen molar-refractivity contribution >= 4 is 22.8 Å². The van der Waals surface area contributed by atoms with Gasteiger partial charge in [-0.2, -0.15) is 5.10 Å². The second-order valence-corrected chi connectivity index (χ2v) is 11.2. The van der Waals surface area contributed by atoms with Crippen molar-refractivity contribution in [3.05, 3.63) is 87.1 Å². The number of benzene rings is 2. The molecule has 2 aliphatic rings. The van der Waals surface area contributed by atoms with Crippen LogP contribution in [0.1, 0.15) is 68.4 Å². The number of aryl methyl sites for hydroxylation is 2. The van der Waals surface area contributed by atoms with Crippen LogP contribution in [0.3, 0.4) is 0 Å². The molecule has 0 saturated carbocycles. The molecule has 0 radical (unpaired) electrons. The summed E-state index contributed by atoms with van der Waals surface area (Å²) < 4.78 is 32.7. The van der Waals surface area contributed by atoms with E-state index in [4.69, 9.17) is 14.2 Å². The molecule has 2 aliphatic heterocycles. The Morgan fingerprint density at radius 1 is 1.23 bits per heavy atom. The Balaban J connectivity index is 1.69. The Hall–Kier alpha value is -3.98. The van der Waals surface area contributed by atoms with Crippen molar-refractivity contribution in [3.8, 4) is 0 Å². The lowest BCUT2D eigenvalue weighted by atomic mass is 9.77. The van der Waals surface area contributed by atoms with E-state index in [0.717, 1.165) is 16.5 Å². The van der Waals surface area contributed by atoms with Crippen LogP contribution in [0.2, 0.25) is 0 Å². The zero-order chi connectivity index (χ0) is 28.8. The normalized spacial score (nSPS) is 19.4. The second kappa shape index (κ2) is 10.5. The highest BCUT2D eigenvalue weighted by atomic mass is 19.1. The van der Waals surface area contributed by atoms with Gasteiger partial charge in [-0.25, -0.2) is 14.0 Å². The first-order valence-corrected chi connectivity index (χ1v) is 13.4. The average Bonchev–Trinajstić information content (AvgIpc) is 3.35. The minimum atomic E-state index is -0.835. The quantitative estimate of drug-likeness (QED) is 0.389. The number of rotatable bonds is 6. The van der Waals surface area contributed by atoms with E-state index < -0.39 is 35.4 Å². The molecule has 0 saturated heterocycles. The molecule has 9 heteroatoms. The summed E-state index contributed by atoms with van der Waals surface area (Å²) in [5.41, 5.74) is 4.40. The number of esters is 2. The van der Waals surface area contributed by atoms with Crippen molar-refractivity contribution in [2.45, 2.75) is 65.6 Å². The fourth-order valence-corrected chi connectivity index (χ4v) is 5.53. The number of carbonyl (C=O) groups is 2. The number of hydrogen-bond donors (Lipinski definition) is 2. The first-order valence-electron chi connectivity index (χ1n) is 13.4. The molecule has 0 aliphatic carbocycles. The van der Waals surface area contributed by atoms with Crippen molar-refractivity contribution in [1.29, 1.82) is 0 Å². The average molecular weight is 548 g/mol. The van der Waals surface area contributed by atoms with Gasteiger partial charge in [0.25, 0.3) is 0 Å². The highest BCUT2D eigenvalue weighted by molar-refractivity contribution is 6.02. The lowest BCUT2D eigenvalue weighted by Gasteiger charge is -2.38. The fourth-order valence-electron chi connectivity index (χ4n) is 5.53. The number of hydrogen-bond acceptors (Lipinski definition) is 7. The van der Waals surface area contributed by atoms with Gasteiger partial charge >= 0.3 is 11.9 Å². The number of nitrogens with one attached hydrogen (secondary N) is 2. The SMILES string of the molecule is CCOC(=O)C1=C(COC(C)(C)C)NC2=C(C(=O)OC(c3c(C)cc(C)cc3F)C2)C1c1cccc2[nH]ncc12. The van der Waals surface area contributed by atoms with Gasteiger partial charge in [-0.15, -0.1) is 0 Å². The van der Waals surface area contributed by atoms with Gasteiger partial charge in [0, 0.05) is 23.1 Å². The third-order valence-electron chi connectivity index (χ3n) is 7.17. The van der Waals surface area contributed by atoms with E-state index in [-0.39, 0.29) is 30.8 Å². The highest BCUT2D eigenvalue weighted by Crippen LogP contribution is 2.47. The minimum absolute atomic E-state index is 0.0733. The van der Waals surface area contributed by atoms with E-state index in [1.165, 1.54) is 6.07 Å². The van der Waals surface area contributed by atoms with Gasteiger partial charge in [0.15, 0.2) is 0 Å². The molecule has 5 rings (SSSR count). The summed E-state index contributed by atoms with van der Waals surface area (Å²) in [5, 5.41) is 11.2. The van der Waals surface area contributed by atoms with E-state index in [0.29, 0.717) is 28.1 Å². The zero-order valence-electron chi connectivity index (χ0n) is 23.6. The number of dihydropyridines is 1. The molecule has 0 amide bonds. The summed E-state index contributed by atoms with van der Waals surface area (Å²) in [7, 11) is 0. The number of ether oxygens (including phenoxy) is 3. The summed E-state index contributed by atoms with van der Waals surface area (Å²) in [6.45, 7) is 11.4.